The van der Waals surface area contributed by atoms with E-state index in [0.29, 0.717) is 0 Å². The molecular formula is C30H37NO5Si. The first kappa shape index (κ1) is 28.3. The van der Waals surface area contributed by atoms with E-state index >= 15 is 0 Å². The molecule has 0 heterocycles. The summed E-state index contributed by atoms with van der Waals surface area (Å²) in [5.74, 6) is -1.08. The van der Waals surface area contributed by atoms with Crippen molar-refractivity contribution in [2.24, 2.45) is 0 Å². The molecule has 3 aromatic carbocycles. The summed E-state index contributed by atoms with van der Waals surface area (Å²) in [6.07, 6.45) is 0. The molecule has 3 rings (SSSR count). The Labute approximate surface area is 221 Å². The highest BCUT2D eigenvalue weighted by atomic mass is 28.4. The van der Waals surface area contributed by atoms with Crippen LogP contribution >= 0.6 is 0 Å². The molecule has 0 aliphatic heterocycles. The molecule has 0 bridgehead atoms. The first-order valence-electron chi connectivity index (χ1n) is 12.4. The lowest BCUT2D eigenvalue weighted by Gasteiger charge is -2.46. The van der Waals surface area contributed by atoms with Crippen molar-refractivity contribution in [1.29, 1.82) is 0 Å². The fraction of sp³-hybridized carbons (Fsp3) is 0.333. The highest BCUT2D eigenvalue weighted by molar-refractivity contribution is 6.99. The van der Waals surface area contributed by atoms with E-state index in [9.17, 15) is 9.59 Å². The molecule has 1 atom stereocenters. The third kappa shape index (κ3) is 6.18. The number of carbonyl (C=O) groups is 2. The highest BCUT2D eigenvalue weighted by Gasteiger charge is 2.53. The van der Waals surface area contributed by atoms with Crippen LogP contribution in [0.3, 0.4) is 0 Å². The number of benzene rings is 3. The van der Waals surface area contributed by atoms with Gasteiger partial charge in [-0.2, -0.15) is 0 Å². The summed E-state index contributed by atoms with van der Waals surface area (Å²) in [6, 6.07) is 29.9. The van der Waals surface area contributed by atoms with Crippen LogP contribution in [-0.2, 0) is 30.1 Å². The second kappa shape index (κ2) is 11.9. The minimum atomic E-state index is -2.97. The summed E-state index contributed by atoms with van der Waals surface area (Å²) in [5, 5.41) is 3.26. The number of nitrogens with zero attached hydrogens (tertiary/aromatic N) is 1. The van der Waals surface area contributed by atoms with Gasteiger partial charge in [-0.25, -0.2) is 4.79 Å². The van der Waals surface area contributed by atoms with Crippen LogP contribution in [0.2, 0.25) is 5.04 Å². The molecule has 0 unspecified atom stereocenters. The van der Waals surface area contributed by atoms with Gasteiger partial charge in [-0.1, -0.05) is 112 Å². The Kier molecular flexibility index (Phi) is 9.07. The van der Waals surface area contributed by atoms with Crippen LogP contribution in [0.4, 0.5) is 0 Å². The minimum absolute atomic E-state index is 0.0485. The van der Waals surface area contributed by atoms with E-state index in [4.69, 9.17) is 14.0 Å². The average molecular weight is 520 g/mol. The molecule has 0 saturated carbocycles. The fourth-order valence-corrected chi connectivity index (χ4v) is 9.33. The van der Waals surface area contributed by atoms with Crippen molar-refractivity contribution in [2.45, 2.75) is 51.7 Å². The van der Waals surface area contributed by atoms with Crippen LogP contribution in [-0.4, -0.2) is 44.6 Å². The van der Waals surface area contributed by atoms with Crippen molar-refractivity contribution in [3.8, 4) is 0 Å². The maximum absolute atomic E-state index is 13.4. The van der Waals surface area contributed by atoms with Gasteiger partial charge >= 0.3 is 11.9 Å². The summed E-state index contributed by atoms with van der Waals surface area (Å²) in [4.78, 5) is 31.2. The molecule has 3 aromatic rings. The molecule has 0 amide bonds. The van der Waals surface area contributed by atoms with Gasteiger partial charge in [-0.3, -0.25) is 4.79 Å². The van der Waals surface area contributed by atoms with Gasteiger partial charge in [-0.05, 0) is 27.9 Å². The number of hydrogen-bond acceptors (Lipinski definition) is 6. The lowest BCUT2D eigenvalue weighted by Crippen LogP contribution is -2.69. The predicted molar refractivity (Wildman–Crippen MR) is 148 cm³/mol. The molecule has 6 nitrogen and oxygen atoms in total. The van der Waals surface area contributed by atoms with Crippen LogP contribution in [0.1, 0.15) is 40.2 Å². The molecular weight excluding hydrogens is 482 g/mol. The van der Waals surface area contributed by atoms with Gasteiger partial charge in [0.15, 0.2) is 5.54 Å². The molecule has 0 aromatic heterocycles. The molecule has 0 saturated heterocycles. The van der Waals surface area contributed by atoms with Gasteiger partial charge in [0.2, 0.25) is 0 Å². The predicted octanol–water partition coefficient (Wildman–Crippen LogP) is 4.48. The first-order chi connectivity index (χ1) is 17.5. The molecule has 0 fully saturated rings. The van der Waals surface area contributed by atoms with Crippen molar-refractivity contribution >= 4 is 30.6 Å². The van der Waals surface area contributed by atoms with Crippen LogP contribution < -0.4 is 10.4 Å². The zero-order valence-corrected chi connectivity index (χ0v) is 23.6. The zero-order chi connectivity index (χ0) is 27.1. The van der Waals surface area contributed by atoms with E-state index in [1.54, 1.807) is 6.92 Å². The Morgan fingerprint density at radius 3 is 1.65 bits per heavy atom. The van der Waals surface area contributed by atoms with E-state index < -0.39 is 25.8 Å². The van der Waals surface area contributed by atoms with E-state index in [2.05, 4.69) is 45.0 Å². The summed E-state index contributed by atoms with van der Waals surface area (Å²) >= 11 is 0. The second-order valence-electron chi connectivity index (χ2n) is 10.3. The normalized spacial score (nSPS) is 13.6. The third-order valence-electron chi connectivity index (χ3n) is 6.57. The lowest BCUT2D eigenvalue weighted by molar-refractivity contribution is -0.232. The molecule has 7 heteroatoms. The Balaban J connectivity index is 2.13. The summed E-state index contributed by atoms with van der Waals surface area (Å²) in [7, 11) is -1.64. The smallest absolute Gasteiger partial charge is 0.331 e. The largest absolute Gasteiger partial charge is 0.467 e. The number of carbonyl (C=O) groups excluding carboxylic acids is 2. The summed E-state index contributed by atoms with van der Waals surface area (Å²) in [6.45, 7) is 9.66. The van der Waals surface area contributed by atoms with Gasteiger partial charge in [0.25, 0.3) is 8.32 Å². The van der Waals surface area contributed by atoms with E-state index in [0.717, 1.165) is 15.9 Å². The number of hydrogen-bond donors (Lipinski definition) is 0. The summed E-state index contributed by atoms with van der Waals surface area (Å²) < 4.78 is 12.3. The Hall–Kier alpha value is -3.26. The van der Waals surface area contributed by atoms with Crippen LogP contribution in [0.5, 0.6) is 0 Å². The van der Waals surface area contributed by atoms with Gasteiger partial charge in [0, 0.05) is 6.92 Å². The highest BCUT2D eigenvalue weighted by Crippen LogP contribution is 2.38. The Morgan fingerprint density at radius 1 is 0.784 bits per heavy atom. The van der Waals surface area contributed by atoms with Crippen molar-refractivity contribution in [3.05, 3.63) is 96.6 Å². The van der Waals surface area contributed by atoms with Crippen molar-refractivity contribution in [3.63, 3.8) is 0 Å². The molecule has 0 spiro atoms. The zero-order valence-electron chi connectivity index (χ0n) is 22.6. The molecule has 37 heavy (non-hydrogen) atoms. The number of rotatable bonds is 10. The van der Waals surface area contributed by atoms with Gasteiger partial charge in [0.1, 0.15) is 0 Å². The van der Waals surface area contributed by atoms with Crippen molar-refractivity contribution in [2.75, 3.05) is 13.7 Å². The topological polar surface area (TPSA) is 65.1 Å². The second-order valence-corrected chi connectivity index (χ2v) is 14.6. The first-order valence-corrected chi connectivity index (χ1v) is 14.3. The van der Waals surface area contributed by atoms with Gasteiger partial charge in [-0.15, -0.1) is 5.06 Å². The SMILES string of the molecule is COC(=O)[C@@](C)(CO[Si](c1ccccc1)(c1ccccc1)C(C)(C)C)N(Cc1ccccc1)OC(C)=O. The fourth-order valence-electron chi connectivity index (χ4n) is 4.67. The number of esters is 1. The van der Waals surface area contributed by atoms with E-state index in [-0.39, 0.29) is 18.2 Å². The monoisotopic (exact) mass is 519 g/mol. The minimum Gasteiger partial charge on any atom is -0.467 e. The number of hydroxylamine groups is 2. The average Bonchev–Trinajstić information content (AvgIpc) is 2.89. The van der Waals surface area contributed by atoms with Crippen LogP contribution in [0.25, 0.3) is 0 Å². The quantitative estimate of drug-likeness (QED) is 0.224. The van der Waals surface area contributed by atoms with Crippen molar-refractivity contribution < 1.29 is 23.6 Å². The molecule has 0 N–H and O–H groups in total. The van der Waals surface area contributed by atoms with Gasteiger partial charge < -0.3 is 14.0 Å². The molecule has 0 aliphatic rings. The third-order valence-corrected chi connectivity index (χ3v) is 11.6. The van der Waals surface area contributed by atoms with Crippen LogP contribution in [0.15, 0.2) is 91.0 Å². The Morgan fingerprint density at radius 2 is 1.24 bits per heavy atom. The van der Waals surface area contributed by atoms with Gasteiger partial charge in [0.05, 0.1) is 20.3 Å². The molecule has 0 radical (unpaired) electrons. The maximum Gasteiger partial charge on any atom is 0.331 e. The summed E-state index contributed by atoms with van der Waals surface area (Å²) in [5.41, 5.74) is -0.534. The maximum atomic E-state index is 13.4. The van der Waals surface area contributed by atoms with Crippen LogP contribution in [0, 0.1) is 0 Å². The molecule has 0 aliphatic carbocycles. The lowest BCUT2D eigenvalue weighted by atomic mass is 10.0. The number of methoxy groups -OCH3 is 1. The van der Waals surface area contributed by atoms with E-state index in [1.165, 1.54) is 19.1 Å². The number of ether oxygens (including phenoxy) is 1. The Bertz CT molecular complexity index is 1130. The molecule has 196 valence electrons. The van der Waals surface area contributed by atoms with Crippen molar-refractivity contribution in [1.82, 2.24) is 5.06 Å². The van der Waals surface area contributed by atoms with E-state index in [1.807, 2.05) is 66.7 Å². The standard InChI is InChI=1S/C30H37NO5Si/c1-24(32)36-31(22-25-16-10-7-11-17-25)30(5,28(33)34-6)23-35-37(29(2,3)4,26-18-12-8-13-19-26)27-20-14-9-15-21-27/h7-21H,22-23H2,1-6H3/t30-/m1/s1.